The van der Waals surface area contributed by atoms with Crippen LogP contribution in [0.4, 0.5) is 5.69 Å². The summed E-state index contributed by atoms with van der Waals surface area (Å²) in [5.41, 5.74) is -0.249. The number of aromatic hydroxyl groups is 1. The van der Waals surface area contributed by atoms with Gasteiger partial charge in [-0.05, 0) is 18.6 Å². The number of nitrogens with zero attached hydrogens (tertiary/aromatic N) is 1. The molecule has 0 aliphatic heterocycles. The molecule has 0 aliphatic rings. The fourth-order valence-corrected chi connectivity index (χ4v) is 1.34. The Labute approximate surface area is 104 Å². The first-order chi connectivity index (χ1) is 8.56. The third kappa shape index (κ3) is 3.70. The average molecular weight is 254 g/mol. The van der Waals surface area contributed by atoms with Crippen molar-refractivity contribution in [1.29, 1.82) is 0 Å². The van der Waals surface area contributed by atoms with E-state index in [1.165, 1.54) is 6.07 Å². The Bertz CT molecular complexity index is 447. The molecule has 0 spiro atoms. The van der Waals surface area contributed by atoms with Crippen molar-refractivity contribution in [3.8, 4) is 5.75 Å². The summed E-state index contributed by atoms with van der Waals surface area (Å²) in [6.07, 6.45) is 0.668. The number of carbonyl (C=O) groups is 1. The predicted molar refractivity (Wildman–Crippen MR) is 63.6 cm³/mol. The number of hydrogen-bond acceptors (Lipinski definition) is 5. The second-order valence-corrected chi connectivity index (χ2v) is 3.56. The van der Waals surface area contributed by atoms with Gasteiger partial charge in [0.1, 0.15) is 0 Å². The largest absolute Gasteiger partial charge is 0.502 e. The second kappa shape index (κ2) is 6.55. The molecule has 0 heterocycles. The highest BCUT2D eigenvalue weighted by Gasteiger charge is 2.15. The Morgan fingerprint density at radius 3 is 2.83 bits per heavy atom. The second-order valence-electron chi connectivity index (χ2n) is 3.56. The average Bonchev–Trinajstić information content (AvgIpc) is 2.33. The van der Waals surface area contributed by atoms with E-state index in [0.29, 0.717) is 19.6 Å². The number of methoxy groups -OCH3 is 1. The summed E-state index contributed by atoms with van der Waals surface area (Å²) >= 11 is 0. The first-order valence-electron chi connectivity index (χ1n) is 5.30. The standard InChI is InChI=1S/C11H14N2O5/c1-18-6-2-5-12-11(15)8-3-4-9(13(16)17)10(14)7-8/h3-4,7,14H,2,5-6H2,1H3,(H,12,15). The van der Waals surface area contributed by atoms with Crippen LogP contribution in [0.25, 0.3) is 0 Å². The van der Waals surface area contributed by atoms with Crippen molar-refractivity contribution >= 4 is 11.6 Å². The van der Waals surface area contributed by atoms with Crippen molar-refractivity contribution in [2.75, 3.05) is 20.3 Å². The van der Waals surface area contributed by atoms with Crippen LogP contribution in [0.15, 0.2) is 18.2 Å². The highest BCUT2D eigenvalue weighted by Crippen LogP contribution is 2.26. The van der Waals surface area contributed by atoms with Gasteiger partial charge in [-0.2, -0.15) is 0 Å². The van der Waals surface area contributed by atoms with Crippen molar-refractivity contribution in [2.24, 2.45) is 0 Å². The summed E-state index contributed by atoms with van der Waals surface area (Å²) in [6.45, 7) is 0.968. The van der Waals surface area contributed by atoms with Crippen molar-refractivity contribution in [1.82, 2.24) is 5.32 Å². The zero-order chi connectivity index (χ0) is 13.5. The molecule has 0 atom stereocenters. The minimum absolute atomic E-state index is 0.176. The van der Waals surface area contributed by atoms with Gasteiger partial charge >= 0.3 is 5.69 Å². The van der Waals surface area contributed by atoms with Crippen molar-refractivity contribution in [3.63, 3.8) is 0 Å². The van der Waals surface area contributed by atoms with Crippen LogP contribution < -0.4 is 5.32 Å². The quantitative estimate of drug-likeness (QED) is 0.449. The fourth-order valence-electron chi connectivity index (χ4n) is 1.34. The van der Waals surface area contributed by atoms with Crippen molar-refractivity contribution < 1.29 is 19.6 Å². The van der Waals surface area contributed by atoms with Gasteiger partial charge in [0, 0.05) is 31.9 Å². The first kappa shape index (κ1) is 13.9. The minimum atomic E-state index is -0.713. The van der Waals surface area contributed by atoms with E-state index in [-0.39, 0.29) is 5.56 Å². The Hall–Kier alpha value is -2.15. The van der Waals surface area contributed by atoms with Crippen LogP contribution in [0.1, 0.15) is 16.8 Å². The molecular formula is C11H14N2O5. The maximum Gasteiger partial charge on any atom is 0.310 e. The molecule has 0 unspecified atom stereocenters. The monoisotopic (exact) mass is 254 g/mol. The van der Waals surface area contributed by atoms with Gasteiger partial charge in [-0.15, -0.1) is 0 Å². The lowest BCUT2D eigenvalue weighted by Gasteiger charge is -2.05. The summed E-state index contributed by atoms with van der Waals surface area (Å²) in [6, 6.07) is 3.46. The third-order valence-corrected chi connectivity index (χ3v) is 2.25. The van der Waals surface area contributed by atoms with E-state index in [2.05, 4.69) is 5.32 Å². The van der Waals surface area contributed by atoms with Gasteiger partial charge in [-0.1, -0.05) is 0 Å². The molecular weight excluding hydrogens is 240 g/mol. The van der Waals surface area contributed by atoms with Gasteiger partial charge in [0.2, 0.25) is 0 Å². The molecule has 0 saturated carbocycles. The summed E-state index contributed by atoms with van der Waals surface area (Å²) in [5.74, 6) is -0.916. The zero-order valence-corrected chi connectivity index (χ0v) is 9.88. The number of phenolic OH excluding ortho intramolecular Hbond substituents is 1. The van der Waals surface area contributed by atoms with Crippen LogP contribution in [0, 0.1) is 10.1 Å². The Morgan fingerprint density at radius 1 is 1.56 bits per heavy atom. The zero-order valence-electron chi connectivity index (χ0n) is 9.88. The molecule has 7 heteroatoms. The number of nitro groups is 1. The molecule has 18 heavy (non-hydrogen) atoms. The molecule has 1 aromatic rings. The van der Waals surface area contributed by atoms with Gasteiger partial charge in [-0.3, -0.25) is 14.9 Å². The van der Waals surface area contributed by atoms with E-state index >= 15 is 0 Å². The molecule has 0 saturated heterocycles. The number of carbonyl (C=O) groups excluding carboxylic acids is 1. The van der Waals surface area contributed by atoms with E-state index in [9.17, 15) is 20.0 Å². The number of benzene rings is 1. The number of phenols is 1. The summed E-state index contributed by atoms with van der Waals surface area (Å²) in [5, 5.41) is 22.5. The fraction of sp³-hybridized carbons (Fsp3) is 0.364. The lowest BCUT2D eigenvalue weighted by molar-refractivity contribution is -0.385. The van der Waals surface area contributed by atoms with Crippen LogP contribution >= 0.6 is 0 Å². The normalized spacial score (nSPS) is 10.1. The maximum absolute atomic E-state index is 11.6. The van der Waals surface area contributed by atoms with Gasteiger partial charge in [0.15, 0.2) is 5.75 Å². The lowest BCUT2D eigenvalue weighted by atomic mass is 10.2. The van der Waals surface area contributed by atoms with Crippen LogP contribution in [-0.2, 0) is 4.74 Å². The SMILES string of the molecule is COCCCNC(=O)c1ccc([N+](=O)[O-])c(O)c1. The maximum atomic E-state index is 11.6. The molecule has 0 fully saturated rings. The van der Waals surface area contributed by atoms with Gasteiger partial charge in [0.05, 0.1) is 4.92 Å². The Balaban J connectivity index is 2.64. The number of nitro benzene ring substituents is 1. The van der Waals surface area contributed by atoms with E-state index in [1.807, 2.05) is 0 Å². The lowest BCUT2D eigenvalue weighted by Crippen LogP contribution is -2.25. The minimum Gasteiger partial charge on any atom is -0.502 e. The Kier molecular flexibility index (Phi) is 5.06. The highest BCUT2D eigenvalue weighted by molar-refractivity contribution is 5.95. The van der Waals surface area contributed by atoms with E-state index in [4.69, 9.17) is 4.74 Å². The molecule has 0 aliphatic carbocycles. The molecule has 98 valence electrons. The Morgan fingerprint density at radius 2 is 2.28 bits per heavy atom. The van der Waals surface area contributed by atoms with Crippen LogP contribution in [0.3, 0.4) is 0 Å². The number of amides is 1. The molecule has 0 radical (unpaired) electrons. The number of ether oxygens (including phenoxy) is 1. The molecule has 1 rings (SSSR count). The van der Waals surface area contributed by atoms with E-state index < -0.39 is 22.3 Å². The summed E-state index contributed by atoms with van der Waals surface area (Å²) < 4.78 is 4.82. The molecule has 0 bridgehead atoms. The smallest absolute Gasteiger partial charge is 0.310 e. The number of hydrogen-bond donors (Lipinski definition) is 2. The van der Waals surface area contributed by atoms with Gasteiger partial charge in [0.25, 0.3) is 5.91 Å². The van der Waals surface area contributed by atoms with E-state index in [1.54, 1.807) is 7.11 Å². The summed E-state index contributed by atoms with van der Waals surface area (Å²) in [4.78, 5) is 21.4. The molecule has 1 amide bonds. The van der Waals surface area contributed by atoms with Crippen LogP contribution in [0.5, 0.6) is 5.75 Å². The molecule has 0 aromatic heterocycles. The molecule has 1 aromatic carbocycles. The number of nitrogens with one attached hydrogen (secondary N) is 1. The predicted octanol–water partition coefficient (Wildman–Crippen LogP) is 1.07. The topological polar surface area (TPSA) is 102 Å². The van der Waals surface area contributed by atoms with E-state index in [0.717, 1.165) is 12.1 Å². The highest BCUT2D eigenvalue weighted by atomic mass is 16.6. The van der Waals surface area contributed by atoms with Crippen molar-refractivity contribution in [3.05, 3.63) is 33.9 Å². The third-order valence-electron chi connectivity index (χ3n) is 2.25. The summed E-state index contributed by atoms with van der Waals surface area (Å²) in [7, 11) is 1.57. The first-order valence-corrected chi connectivity index (χ1v) is 5.30. The van der Waals surface area contributed by atoms with Gasteiger partial charge < -0.3 is 15.2 Å². The number of rotatable bonds is 6. The van der Waals surface area contributed by atoms with Crippen molar-refractivity contribution in [2.45, 2.75) is 6.42 Å². The van der Waals surface area contributed by atoms with Gasteiger partial charge in [-0.25, -0.2) is 0 Å². The molecule has 2 N–H and O–H groups in total. The van der Waals surface area contributed by atoms with Crippen LogP contribution in [0.2, 0.25) is 0 Å². The van der Waals surface area contributed by atoms with Crippen LogP contribution in [-0.4, -0.2) is 36.2 Å². The molecule has 7 nitrogen and oxygen atoms in total.